The van der Waals surface area contributed by atoms with Crippen molar-refractivity contribution in [2.45, 2.75) is 20.0 Å². The van der Waals surface area contributed by atoms with E-state index in [0.29, 0.717) is 15.9 Å². The molecule has 5 rings (SSSR count). The highest BCUT2D eigenvalue weighted by Gasteiger charge is 2.18. The molecule has 2 aromatic carbocycles. The molecule has 1 saturated heterocycles. The Morgan fingerprint density at radius 3 is 2.56 bits per heavy atom. The molecule has 1 amide bonds. The number of aromatic nitrogens is 2. The number of carbonyl (C=O) groups is 1. The number of aryl methyl sites for hydroxylation is 1. The van der Waals surface area contributed by atoms with Crippen molar-refractivity contribution in [2.75, 3.05) is 31.6 Å². The highest BCUT2D eigenvalue weighted by Crippen LogP contribution is 2.35. The van der Waals surface area contributed by atoms with Crippen LogP contribution in [0.5, 0.6) is 0 Å². The van der Waals surface area contributed by atoms with Crippen LogP contribution in [0.15, 0.2) is 65.7 Å². The molecule has 0 unspecified atom stereocenters. The number of fused-ring (bicyclic) bond motifs is 1. The Hall–Kier alpha value is -3.33. The Balaban J connectivity index is 1.31. The quantitative estimate of drug-likeness (QED) is 0.459. The molecule has 4 aromatic rings. The summed E-state index contributed by atoms with van der Waals surface area (Å²) in [6.07, 6.45) is 1.46. The van der Waals surface area contributed by atoms with Gasteiger partial charge in [-0.25, -0.2) is 4.98 Å². The Morgan fingerprint density at radius 1 is 1.09 bits per heavy atom. The molecule has 0 saturated carbocycles. The number of thiophene rings is 1. The topological polar surface area (TPSA) is 76.5 Å². The van der Waals surface area contributed by atoms with Gasteiger partial charge in [0.1, 0.15) is 11.4 Å². The normalized spacial score (nSPS) is 14.4. The van der Waals surface area contributed by atoms with Crippen LogP contribution in [0, 0.1) is 6.92 Å². The maximum Gasteiger partial charge on any atom is 0.263 e. The molecule has 1 fully saturated rings. The van der Waals surface area contributed by atoms with E-state index in [9.17, 15) is 9.59 Å². The summed E-state index contributed by atoms with van der Waals surface area (Å²) in [6.45, 7) is 6.16. The van der Waals surface area contributed by atoms with E-state index in [1.165, 1.54) is 27.8 Å². The summed E-state index contributed by atoms with van der Waals surface area (Å²) in [6, 6.07) is 17.7. The second kappa shape index (κ2) is 9.89. The summed E-state index contributed by atoms with van der Waals surface area (Å²) in [5.74, 6) is -0.266. The minimum Gasteiger partial charge on any atom is -0.379 e. The van der Waals surface area contributed by atoms with Gasteiger partial charge in [0.15, 0.2) is 0 Å². The van der Waals surface area contributed by atoms with Crippen LogP contribution in [0.2, 0.25) is 0 Å². The van der Waals surface area contributed by atoms with Gasteiger partial charge in [0.05, 0.1) is 24.9 Å². The van der Waals surface area contributed by atoms with E-state index in [1.807, 2.05) is 61.5 Å². The van der Waals surface area contributed by atoms with Crippen LogP contribution >= 0.6 is 11.3 Å². The first-order valence-corrected chi connectivity index (χ1v) is 12.1. The first kappa shape index (κ1) is 22.5. The molecule has 174 valence electrons. The number of nitrogens with zero attached hydrogens (tertiary/aromatic N) is 3. The third-order valence-corrected chi connectivity index (χ3v) is 6.99. The van der Waals surface area contributed by atoms with Crippen LogP contribution in [-0.2, 0) is 22.6 Å². The predicted molar refractivity (Wildman–Crippen MR) is 135 cm³/mol. The summed E-state index contributed by atoms with van der Waals surface area (Å²) in [7, 11) is 0. The van der Waals surface area contributed by atoms with E-state index < -0.39 is 0 Å². The van der Waals surface area contributed by atoms with Gasteiger partial charge in [0.2, 0.25) is 5.91 Å². The highest BCUT2D eigenvalue weighted by atomic mass is 32.1. The summed E-state index contributed by atoms with van der Waals surface area (Å²) in [5.41, 5.74) is 3.55. The SMILES string of the molecule is Cc1sc2ncn(CC(=O)Nc3ccc(CN4CCOCC4)cc3)c(=O)c2c1-c1ccccc1. The van der Waals surface area contributed by atoms with E-state index in [1.54, 1.807) is 0 Å². The summed E-state index contributed by atoms with van der Waals surface area (Å²) >= 11 is 1.50. The zero-order valence-electron chi connectivity index (χ0n) is 19.0. The fourth-order valence-electron chi connectivity index (χ4n) is 4.27. The fraction of sp³-hybridized carbons (Fsp3) is 0.269. The standard InChI is InChI=1S/C26H26N4O3S/c1-18-23(20-5-3-2-4-6-20)24-25(34-18)27-17-30(26(24)32)16-22(31)28-21-9-7-19(8-10-21)15-29-11-13-33-14-12-29/h2-10,17H,11-16H2,1H3,(H,28,31). The average molecular weight is 475 g/mol. The molecule has 1 aliphatic rings. The lowest BCUT2D eigenvalue weighted by Crippen LogP contribution is -2.35. The fourth-order valence-corrected chi connectivity index (χ4v) is 5.27. The third-order valence-electron chi connectivity index (χ3n) is 5.98. The Kier molecular flexibility index (Phi) is 6.53. The summed E-state index contributed by atoms with van der Waals surface area (Å²) in [5, 5.41) is 3.46. The van der Waals surface area contributed by atoms with E-state index in [2.05, 4.69) is 15.2 Å². The van der Waals surface area contributed by atoms with Gasteiger partial charge in [-0.1, -0.05) is 42.5 Å². The molecule has 2 aromatic heterocycles. The molecule has 3 heterocycles. The molecule has 7 nitrogen and oxygen atoms in total. The lowest BCUT2D eigenvalue weighted by Gasteiger charge is -2.26. The number of hydrogen-bond donors (Lipinski definition) is 1. The van der Waals surface area contributed by atoms with Gasteiger partial charge in [0, 0.05) is 35.8 Å². The molecule has 0 aliphatic carbocycles. The molecule has 0 spiro atoms. The summed E-state index contributed by atoms with van der Waals surface area (Å²) < 4.78 is 6.77. The number of amides is 1. The molecule has 34 heavy (non-hydrogen) atoms. The van der Waals surface area contributed by atoms with Gasteiger partial charge in [-0.2, -0.15) is 0 Å². The third kappa shape index (κ3) is 4.79. The van der Waals surface area contributed by atoms with Crippen LogP contribution in [0.3, 0.4) is 0 Å². The second-order valence-electron chi connectivity index (χ2n) is 8.39. The first-order valence-electron chi connectivity index (χ1n) is 11.3. The maximum atomic E-state index is 13.3. The molecular weight excluding hydrogens is 448 g/mol. The number of anilines is 1. The number of rotatable bonds is 6. The Morgan fingerprint density at radius 2 is 1.82 bits per heavy atom. The minimum absolute atomic E-state index is 0.0968. The van der Waals surface area contributed by atoms with Crippen molar-refractivity contribution in [3.8, 4) is 11.1 Å². The summed E-state index contributed by atoms with van der Waals surface area (Å²) in [4.78, 5) is 34.5. The van der Waals surface area contributed by atoms with E-state index in [-0.39, 0.29) is 18.0 Å². The van der Waals surface area contributed by atoms with E-state index in [0.717, 1.165) is 48.9 Å². The lowest BCUT2D eigenvalue weighted by molar-refractivity contribution is -0.116. The average Bonchev–Trinajstić information content (AvgIpc) is 3.20. The van der Waals surface area contributed by atoms with Gasteiger partial charge in [-0.05, 0) is 30.2 Å². The van der Waals surface area contributed by atoms with Crippen LogP contribution in [0.4, 0.5) is 5.69 Å². The first-order chi connectivity index (χ1) is 16.6. The maximum absolute atomic E-state index is 13.3. The van der Waals surface area contributed by atoms with Crippen LogP contribution in [-0.4, -0.2) is 46.7 Å². The van der Waals surface area contributed by atoms with Gasteiger partial charge >= 0.3 is 0 Å². The van der Waals surface area contributed by atoms with E-state index >= 15 is 0 Å². The van der Waals surface area contributed by atoms with Gasteiger partial charge < -0.3 is 10.1 Å². The smallest absolute Gasteiger partial charge is 0.263 e. The van der Waals surface area contributed by atoms with Crippen molar-refractivity contribution in [1.29, 1.82) is 0 Å². The zero-order valence-corrected chi connectivity index (χ0v) is 19.8. The van der Waals surface area contributed by atoms with Crippen molar-refractivity contribution in [3.05, 3.63) is 81.7 Å². The lowest BCUT2D eigenvalue weighted by atomic mass is 10.0. The van der Waals surface area contributed by atoms with Crippen molar-refractivity contribution in [1.82, 2.24) is 14.5 Å². The number of carbonyl (C=O) groups excluding carboxylic acids is 1. The van der Waals surface area contributed by atoms with Crippen molar-refractivity contribution >= 4 is 33.1 Å². The van der Waals surface area contributed by atoms with Crippen LogP contribution in [0.1, 0.15) is 10.4 Å². The number of ether oxygens (including phenoxy) is 1. The molecular formula is C26H26N4O3S. The largest absolute Gasteiger partial charge is 0.379 e. The minimum atomic E-state index is -0.266. The molecule has 1 aliphatic heterocycles. The highest BCUT2D eigenvalue weighted by molar-refractivity contribution is 7.19. The second-order valence-corrected chi connectivity index (χ2v) is 9.59. The predicted octanol–water partition coefficient (Wildman–Crippen LogP) is 3.90. The molecule has 0 atom stereocenters. The Bertz CT molecular complexity index is 1360. The number of nitrogens with one attached hydrogen (secondary N) is 1. The van der Waals surface area contributed by atoms with Crippen molar-refractivity contribution in [3.63, 3.8) is 0 Å². The van der Waals surface area contributed by atoms with Crippen molar-refractivity contribution < 1.29 is 9.53 Å². The van der Waals surface area contributed by atoms with Gasteiger partial charge in [0.25, 0.3) is 5.56 Å². The molecule has 8 heteroatoms. The molecule has 0 bridgehead atoms. The zero-order chi connectivity index (χ0) is 23.5. The number of morpholine rings is 1. The van der Waals surface area contributed by atoms with Crippen molar-refractivity contribution in [2.24, 2.45) is 0 Å². The van der Waals surface area contributed by atoms with Crippen LogP contribution in [0.25, 0.3) is 21.3 Å². The monoisotopic (exact) mass is 474 g/mol. The number of benzene rings is 2. The van der Waals surface area contributed by atoms with Crippen LogP contribution < -0.4 is 10.9 Å². The Labute approximate surface area is 201 Å². The van der Waals surface area contributed by atoms with Gasteiger partial charge in [-0.3, -0.25) is 19.1 Å². The van der Waals surface area contributed by atoms with Gasteiger partial charge in [-0.15, -0.1) is 11.3 Å². The molecule has 0 radical (unpaired) electrons. The number of hydrogen-bond acceptors (Lipinski definition) is 6. The van der Waals surface area contributed by atoms with E-state index in [4.69, 9.17) is 4.74 Å². The molecule has 1 N–H and O–H groups in total.